The van der Waals surface area contributed by atoms with E-state index in [1.54, 1.807) is 0 Å². The molecule has 0 aliphatic heterocycles. The highest BCUT2D eigenvalue weighted by Crippen LogP contribution is 2.18. The summed E-state index contributed by atoms with van der Waals surface area (Å²) < 4.78 is 13.1. The Morgan fingerprint density at radius 2 is 2.15 bits per heavy atom. The average molecular weight is 283 g/mol. The van der Waals surface area contributed by atoms with E-state index in [1.807, 2.05) is 11.9 Å². The summed E-state index contributed by atoms with van der Waals surface area (Å²) in [5.41, 5.74) is 6.30. The van der Waals surface area contributed by atoms with Gasteiger partial charge in [-0.05, 0) is 51.1 Å². The van der Waals surface area contributed by atoms with Crippen LogP contribution in [0.3, 0.4) is 0 Å². The number of carbonyl (C=O) groups excluding carboxylic acids is 1. The SMILES string of the molecule is CN(CCCCCO)CC(=O)Nc1cc(F)ccc1N. The summed E-state index contributed by atoms with van der Waals surface area (Å²) in [5.74, 6) is -0.668. The number of rotatable bonds is 8. The Bertz CT molecular complexity index is 440. The minimum absolute atomic E-state index is 0.197. The molecule has 4 N–H and O–H groups in total. The normalized spacial score (nSPS) is 10.8. The van der Waals surface area contributed by atoms with Gasteiger partial charge in [0.1, 0.15) is 5.82 Å². The Morgan fingerprint density at radius 3 is 2.85 bits per heavy atom. The third kappa shape index (κ3) is 5.99. The van der Waals surface area contributed by atoms with Crippen molar-refractivity contribution in [1.29, 1.82) is 0 Å². The van der Waals surface area contributed by atoms with Crippen LogP contribution in [0.2, 0.25) is 0 Å². The third-order valence-corrected chi connectivity index (χ3v) is 2.90. The standard InChI is InChI=1S/C14H22FN3O2/c1-18(7-3-2-4-8-19)10-14(20)17-13-9-11(15)5-6-12(13)16/h5-6,9,19H,2-4,7-8,10,16H2,1H3,(H,17,20). The van der Waals surface area contributed by atoms with Crippen LogP contribution in [0.4, 0.5) is 15.8 Å². The minimum atomic E-state index is -0.438. The van der Waals surface area contributed by atoms with Crippen LogP contribution in [0.1, 0.15) is 19.3 Å². The molecule has 0 heterocycles. The summed E-state index contributed by atoms with van der Waals surface area (Å²) in [5, 5.41) is 11.3. The maximum Gasteiger partial charge on any atom is 0.238 e. The van der Waals surface area contributed by atoms with Gasteiger partial charge in [0.15, 0.2) is 0 Å². The number of aliphatic hydroxyl groups is 1. The van der Waals surface area contributed by atoms with Crippen molar-refractivity contribution in [2.24, 2.45) is 0 Å². The predicted molar refractivity (Wildman–Crippen MR) is 77.9 cm³/mol. The van der Waals surface area contributed by atoms with Gasteiger partial charge in [-0.3, -0.25) is 9.69 Å². The molecule has 6 heteroatoms. The molecule has 1 amide bonds. The summed E-state index contributed by atoms with van der Waals surface area (Å²) >= 11 is 0. The summed E-state index contributed by atoms with van der Waals surface area (Å²) in [7, 11) is 1.84. The number of unbranched alkanes of at least 4 members (excludes halogenated alkanes) is 2. The molecule has 5 nitrogen and oxygen atoms in total. The fourth-order valence-corrected chi connectivity index (χ4v) is 1.82. The van der Waals surface area contributed by atoms with E-state index in [9.17, 15) is 9.18 Å². The van der Waals surface area contributed by atoms with Crippen molar-refractivity contribution < 1.29 is 14.3 Å². The molecule has 20 heavy (non-hydrogen) atoms. The molecule has 112 valence electrons. The lowest BCUT2D eigenvalue weighted by molar-refractivity contribution is -0.117. The van der Waals surface area contributed by atoms with Crippen LogP contribution in [0.5, 0.6) is 0 Å². The minimum Gasteiger partial charge on any atom is -0.397 e. The van der Waals surface area contributed by atoms with Crippen molar-refractivity contribution in [2.75, 3.05) is 37.8 Å². The van der Waals surface area contributed by atoms with Crippen LogP contribution in [0.15, 0.2) is 18.2 Å². The van der Waals surface area contributed by atoms with Gasteiger partial charge in [-0.2, -0.15) is 0 Å². The van der Waals surface area contributed by atoms with E-state index in [4.69, 9.17) is 10.8 Å². The topological polar surface area (TPSA) is 78.6 Å². The molecule has 0 radical (unpaired) electrons. The zero-order valence-corrected chi connectivity index (χ0v) is 11.7. The van der Waals surface area contributed by atoms with Crippen LogP contribution in [-0.2, 0) is 4.79 Å². The van der Waals surface area contributed by atoms with Crippen molar-refractivity contribution >= 4 is 17.3 Å². The Hall–Kier alpha value is -1.66. The van der Waals surface area contributed by atoms with Gasteiger partial charge in [-0.15, -0.1) is 0 Å². The maximum absolute atomic E-state index is 13.1. The van der Waals surface area contributed by atoms with Gasteiger partial charge in [-0.25, -0.2) is 4.39 Å². The lowest BCUT2D eigenvalue weighted by Crippen LogP contribution is -2.31. The molecule has 0 saturated heterocycles. The van der Waals surface area contributed by atoms with E-state index in [1.165, 1.54) is 18.2 Å². The van der Waals surface area contributed by atoms with E-state index in [0.29, 0.717) is 11.4 Å². The van der Waals surface area contributed by atoms with Crippen LogP contribution in [0, 0.1) is 5.82 Å². The predicted octanol–water partition coefficient (Wildman–Crippen LogP) is 1.44. The van der Waals surface area contributed by atoms with Crippen LogP contribution in [-0.4, -0.2) is 42.7 Å². The summed E-state index contributed by atoms with van der Waals surface area (Å²) in [6.45, 7) is 1.18. The second-order valence-electron chi connectivity index (χ2n) is 4.80. The number of nitrogens with one attached hydrogen (secondary N) is 1. The van der Waals surface area contributed by atoms with Gasteiger partial charge in [-0.1, -0.05) is 0 Å². The molecule has 0 fully saturated rings. The second kappa shape index (κ2) is 8.50. The molecule has 0 bridgehead atoms. The van der Waals surface area contributed by atoms with E-state index < -0.39 is 5.82 Å². The van der Waals surface area contributed by atoms with E-state index in [0.717, 1.165) is 25.8 Å². The summed E-state index contributed by atoms with van der Waals surface area (Å²) in [6, 6.07) is 3.87. The first-order valence-electron chi connectivity index (χ1n) is 6.67. The molecule has 0 aromatic heterocycles. The quantitative estimate of drug-likeness (QED) is 0.498. The number of anilines is 2. The van der Waals surface area contributed by atoms with Gasteiger partial charge in [0.05, 0.1) is 17.9 Å². The molecule has 0 atom stereocenters. The zero-order valence-electron chi connectivity index (χ0n) is 11.7. The zero-order chi connectivity index (χ0) is 15.0. The molecular weight excluding hydrogens is 261 g/mol. The Balaban J connectivity index is 2.37. The molecule has 0 saturated carbocycles. The number of benzene rings is 1. The highest BCUT2D eigenvalue weighted by molar-refractivity contribution is 5.95. The fourth-order valence-electron chi connectivity index (χ4n) is 1.82. The number of likely N-dealkylation sites (N-methyl/N-ethyl adjacent to an activating group) is 1. The van der Waals surface area contributed by atoms with Gasteiger partial charge in [0.2, 0.25) is 5.91 Å². The van der Waals surface area contributed by atoms with E-state index in [2.05, 4.69) is 5.32 Å². The first kappa shape index (κ1) is 16.4. The first-order chi connectivity index (χ1) is 9.52. The highest BCUT2D eigenvalue weighted by Gasteiger charge is 2.09. The number of nitrogen functional groups attached to an aromatic ring is 1. The monoisotopic (exact) mass is 283 g/mol. The highest BCUT2D eigenvalue weighted by atomic mass is 19.1. The van der Waals surface area contributed by atoms with E-state index >= 15 is 0 Å². The Labute approximate surface area is 118 Å². The fraction of sp³-hybridized carbons (Fsp3) is 0.500. The molecule has 1 aromatic carbocycles. The number of nitrogens with two attached hydrogens (primary N) is 1. The van der Waals surface area contributed by atoms with Crippen molar-refractivity contribution in [2.45, 2.75) is 19.3 Å². The second-order valence-corrected chi connectivity index (χ2v) is 4.80. The lowest BCUT2D eigenvalue weighted by atomic mass is 10.2. The first-order valence-corrected chi connectivity index (χ1v) is 6.67. The van der Waals surface area contributed by atoms with Crippen LogP contribution in [0.25, 0.3) is 0 Å². The molecule has 1 rings (SSSR count). The molecule has 0 spiro atoms. The molecule has 0 aliphatic carbocycles. The Morgan fingerprint density at radius 1 is 1.40 bits per heavy atom. The van der Waals surface area contributed by atoms with Crippen molar-refractivity contribution in [1.82, 2.24) is 4.90 Å². The number of carbonyl (C=O) groups is 1. The summed E-state index contributed by atoms with van der Waals surface area (Å²) in [6.07, 6.45) is 2.63. The lowest BCUT2D eigenvalue weighted by Gasteiger charge is -2.16. The average Bonchev–Trinajstić information content (AvgIpc) is 2.39. The third-order valence-electron chi connectivity index (χ3n) is 2.90. The van der Waals surface area contributed by atoms with Crippen molar-refractivity contribution in [3.63, 3.8) is 0 Å². The maximum atomic E-state index is 13.1. The van der Waals surface area contributed by atoms with Gasteiger partial charge < -0.3 is 16.2 Å². The van der Waals surface area contributed by atoms with Gasteiger partial charge in [0.25, 0.3) is 0 Å². The molecular formula is C14H22FN3O2. The number of aliphatic hydroxyl groups excluding tert-OH is 1. The van der Waals surface area contributed by atoms with Gasteiger partial charge >= 0.3 is 0 Å². The van der Waals surface area contributed by atoms with Crippen molar-refractivity contribution in [3.8, 4) is 0 Å². The largest absolute Gasteiger partial charge is 0.397 e. The number of hydrogen-bond acceptors (Lipinski definition) is 4. The summed E-state index contributed by atoms with van der Waals surface area (Å²) in [4.78, 5) is 13.7. The number of halogens is 1. The number of hydrogen-bond donors (Lipinski definition) is 3. The molecule has 1 aromatic rings. The van der Waals surface area contributed by atoms with Crippen LogP contribution >= 0.6 is 0 Å². The molecule has 0 aliphatic rings. The van der Waals surface area contributed by atoms with E-state index in [-0.39, 0.29) is 19.1 Å². The smallest absolute Gasteiger partial charge is 0.238 e. The van der Waals surface area contributed by atoms with Crippen molar-refractivity contribution in [3.05, 3.63) is 24.0 Å². The number of amides is 1. The molecule has 0 unspecified atom stereocenters. The van der Waals surface area contributed by atoms with Crippen LogP contribution < -0.4 is 11.1 Å². The van der Waals surface area contributed by atoms with Gasteiger partial charge in [0, 0.05) is 6.61 Å². The Kier molecular flexibility index (Phi) is 6.97. The number of nitrogens with zero attached hydrogens (tertiary/aromatic N) is 1.